The Labute approximate surface area is 180 Å². The molecule has 1 N–H and O–H groups in total. The standard InChI is InChI=1S/C25H36N4O/c1-9-18-11-20(25(26-7)28-22(18)15(3)4)24-19(10-2)12-21-23(27-24)16(5)13-29(21)17(6)14-30-8/h11-13,15,17H,9-10,14H2,1-8H3,(H,26,28)/t17-/m1/s1. The predicted molar refractivity (Wildman–Crippen MR) is 127 cm³/mol. The van der Waals surface area contributed by atoms with Gasteiger partial charge in [0.15, 0.2) is 0 Å². The van der Waals surface area contributed by atoms with E-state index in [0.29, 0.717) is 12.5 Å². The third-order valence-corrected chi connectivity index (χ3v) is 5.88. The van der Waals surface area contributed by atoms with E-state index in [9.17, 15) is 0 Å². The number of anilines is 1. The molecule has 0 amide bonds. The Balaban J connectivity index is 2.27. The van der Waals surface area contributed by atoms with Crippen LogP contribution in [0, 0.1) is 6.92 Å². The van der Waals surface area contributed by atoms with Crippen LogP contribution in [-0.2, 0) is 17.6 Å². The Morgan fingerprint density at radius 2 is 1.77 bits per heavy atom. The van der Waals surface area contributed by atoms with Crippen molar-refractivity contribution in [1.29, 1.82) is 0 Å². The van der Waals surface area contributed by atoms with Gasteiger partial charge in [-0.3, -0.25) is 0 Å². The highest BCUT2D eigenvalue weighted by atomic mass is 16.5. The van der Waals surface area contributed by atoms with Crippen LogP contribution in [0.4, 0.5) is 5.82 Å². The number of fused-ring (bicyclic) bond motifs is 1. The average Bonchev–Trinajstić information content (AvgIpc) is 3.07. The van der Waals surface area contributed by atoms with E-state index in [1.165, 1.54) is 27.9 Å². The van der Waals surface area contributed by atoms with Gasteiger partial charge in [-0.15, -0.1) is 0 Å². The molecule has 0 radical (unpaired) electrons. The van der Waals surface area contributed by atoms with Crippen molar-refractivity contribution in [3.8, 4) is 11.3 Å². The van der Waals surface area contributed by atoms with Crippen molar-refractivity contribution in [2.75, 3.05) is 26.1 Å². The van der Waals surface area contributed by atoms with Crippen LogP contribution in [0.25, 0.3) is 22.3 Å². The van der Waals surface area contributed by atoms with Crippen molar-refractivity contribution in [1.82, 2.24) is 14.5 Å². The first-order valence-corrected chi connectivity index (χ1v) is 11.1. The van der Waals surface area contributed by atoms with E-state index in [-0.39, 0.29) is 6.04 Å². The van der Waals surface area contributed by atoms with Gasteiger partial charge in [-0.05, 0) is 61.4 Å². The molecule has 0 bridgehead atoms. The van der Waals surface area contributed by atoms with Crippen LogP contribution >= 0.6 is 0 Å². The summed E-state index contributed by atoms with van der Waals surface area (Å²) in [5, 5.41) is 3.32. The number of pyridine rings is 2. The van der Waals surface area contributed by atoms with Gasteiger partial charge in [0.2, 0.25) is 0 Å². The Morgan fingerprint density at radius 1 is 1.07 bits per heavy atom. The third kappa shape index (κ3) is 3.95. The molecule has 5 heteroatoms. The molecule has 0 aliphatic heterocycles. The van der Waals surface area contributed by atoms with E-state index in [4.69, 9.17) is 14.7 Å². The van der Waals surface area contributed by atoms with E-state index < -0.39 is 0 Å². The van der Waals surface area contributed by atoms with Crippen molar-refractivity contribution in [2.45, 2.75) is 66.3 Å². The van der Waals surface area contributed by atoms with Crippen LogP contribution in [0.5, 0.6) is 0 Å². The van der Waals surface area contributed by atoms with Crippen molar-refractivity contribution in [3.63, 3.8) is 0 Å². The minimum absolute atomic E-state index is 0.259. The van der Waals surface area contributed by atoms with E-state index in [1.807, 2.05) is 7.05 Å². The fourth-order valence-corrected chi connectivity index (χ4v) is 4.28. The molecule has 3 aromatic heterocycles. The Kier molecular flexibility index (Phi) is 6.81. The predicted octanol–water partition coefficient (Wildman–Crippen LogP) is 5.90. The summed E-state index contributed by atoms with van der Waals surface area (Å²) in [6.45, 7) is 13.8. The Bertz CT molecular complexity index is 1040. The van der Waals surface area contributed by atoms with Gasteiger partial charge in [0.25, 0.3) is 0 Å². The maximum absolute atomic E-state index is 5.39. The highest BCUT2D eigenvalue weighted by Crippen LogP contribution is 2.35. The minimum atomic E-state index is 0.259. The van der Waals surface area contributed by atoms with Gasteiger partial charge in [0.05, 0.1) is 29.4 Å². The zero-order valence-electron chi connectivity index (χ0n) is 19.8. The molecule has 0 fully saturated rings. The van der Waals surface area contributed by atoms with Crippen LogP contribution in [0.1, 0.15) is 69.0 Å². The molecule has 0 saturated carbocycles. The molecular weight excluding hydrogens is 372 g/mol. The number of aryl methyl sites for hydroxylation is 3. The summed E-state index contributed by atoms with van der Waals surface area (Å²) >= 11 is 0. The summed E-state index contributed by atoms with van der Waals surface area (Å²) in [7, 11) is 3.70. The second kappa shape index (κ2) is 9.17. The molecule has 0 unspecified atom stereocenters. The first-order valence-electron chi connectivity index (χ1n) is 11.1. The number of nitrogens with zero attached hydrogens (tertiary/aromatic N) is 3. The maximum Gasteiger partial charge on any atom is 0.135 e. The topological polar surface area (TPSA) is 52.0 Å². The van der Waals surface area contributed by atoms with Crippen molar-refractivity contribution < 1.29 is 4.74 Å². The van der Waals surface area contributed by atoms with Gasteiger partial charge in [0, 0.05) is 31.6 Å². The van der Waals surface area contributed by atoms with Crippen LogP contribution < -0.4 is 5.32 Å². The molecule has 0 aliphatic carbocycles. The average molecular weight is 409 g/mol. The minimum Gasteiger partial charge on any atom is -0.383 e. The van der Waals surface area contributed by atoms with E-state index >= 15 is 0 Å². The summed E-state index contributed by atoms with van der Waals surface area (Å²) in [5.41, 5.74) is 9.24. The molecular formula is C25H36N4O. The maximum atomic E-state index is 5.39. The van der Waals surface area contributed by atoms with Gasteiger partial charge < -0.3 is 14.6 Å². The molecule has 5 nitrogen and oxygen atoms in total. The fraction of sp³-hybridized carbons (Fsp3) is 0.520. The molecule has 0 spiro atoms. The fourth-order valence-electron chi connectivity index (χ4n) is 4.28. The number of hydrogen-bond donors (Lipinski definition) is 1. The van der Waals surface area contributed by atoms with Gasteiger partial charge in [-0.1, -0.05) is 27.7 Å². The molecule has 3 rings (SSSR count). The van der Waals surface area contributed by atoms with Crippen LogP contribution in [0.3, 0.4) is 0 Å². The lowest BCUT2D eigenvalue weighted by Crippen LogP contribution is -2.10. The Hall–Kier alpha value is -2.40. The van der Waals surface area contributed by atoms with Crippen molar-refractivity contribution >= 4 is 16.9 Å². The highest BCUT2D eigenvalue weighted by Gasteiger charge is 2.20. The Morgan fingerprint density at radius 3 is 2.33 bits per heavy atom. The number of ether oxygens (including phenoxy) is 1. The van der Waals surface area contributed by atoms with E-state index in [2.05, 4.69) is 69.8 Å². The third-order valence-electron chi connectivity index (χ3n) is 5.88. The van der Waals surface area contributed by atoms with Gasteiger partial charge in [-0.2, -0.15) is 0 Å². The lowest BCUT2D eigenvalue weighted by Gasteiger charge is -2.19. The summed E-state index contributed by atoms with van der Waals surface area (Å²) in [5.74, 6) is 1.29. The molecule has 0 saturated heterocycles. The summed E-state index contributed by atoms with van der Waals surface area (Å²) in [6, 6.07) is 4.86. The lowest BCUT2D eigenvalue weighted by molar-refractivity contribution is 0.164. The number of nitrogens with one attached hydrogen (secondary N) is 1. The molecule has 0 aliphatic rings. The largest absolute Gasteiger partial charge is 0.383 e. The first-order chi connectivity index (χ1) is 14.4. The first kappa shape index (κ1) is 22.3. The van der Waals surface area contributed by atoms with E-state index in [1.54, 1.807) is 7.11 Å². The normalized spacial score (nSPS) is 12.7. The molecule has 0 aromatic carbocycles. The van der Waals surface area contributed by atoms with Crippen LogP contribution in [0.2, 0.25) is 0 Å². The molecule has 3 heterocycles. The monoisotopic (exact) mass is 408 g/mol. The zero-order chi connectivity index (χ0) is 22.0. The quantitative estimate of drug-likeness (QED) is 0.504. The number of rotatable bonds is 8. The summed E-state index contributed by atoms with van der Waals surface area (Å²) < 4.78 is 7.69. The van der Waals surface area contributed by atoms with Crippen molar-refractivity contribution in [2.24, 2.45) is 0 Å². The highest BCUT2D eigenvalue weighted by molar-refractivity contribution is 5.86. The van der Waals surface area contributed by atoms with Crippen LogP contribution in [0.15, 0.2) is 18.3 Å². The zero-order valence-corrected chi connectivity index (χ0v) is 19.8. The molecule has 30 heavy (non-hydrogen) atoms. The summed E-state index contributed by atoms with van der Waals surface area (Å²) in [4.78, 5) is 10.2. The summed E-state index contributed by atoms with van der Waals surface area (Å²) in [6.07, 6.45) is 4.07. The molecule has 1 atom stereocenters. The SMILES string of the molecule is CCc1cc2c(nc1-c1cc(CC)c(C(C)C)nc1NC)c(C)cn2[C@H](C)COC. The number of hydrogen-bond acceptors (Lipinski definition) is 4. The lowest BCUT2D eigenvalue weighted by atomic mass is 9.96. The van der Waals surface area contributed by atoms with Crippen LogP contribution in [-0.4, -0.2) is 35.3 Å². The van der Waals surface area contributed by atoms with Crippen molar-refractivity contribution in [3.05, 3.63) is 40.7 Å². The van der Waals surface area contributed by atoms with Gasteiger partial charge in [0.1, 0.15) is 5.82 Å². The number of aromatic nitrogens is 3. The van der Waals surface area contributed by atoms with E-state index in [0.717, 1.165) is 35.4 Å². The molecule has 3 aromatic rings. The second-order valence-electron chi connectivity index (χ2n) is 8.43. The van der Waals surface area contributed by atoms with Gasteiger partial charge >= 0.3 is 0 Å². The smallest absolute Gasteiger partial charge is 0.135 e. The van der Waals surface area contributed by atoms with Gasteiger partial charge in [-0.25, -0.2) is 9.97 Å². The number of methoxy groups -OCH3 is 1. The second-order valence-corrected chi connectivity index (χ2v) is 8.43. The molecule has 162 valence electrons.